The van der Waals surface area contributed by atoms with Gasteiger partial charge in [0.15, 0.2) is 9.84 Å². The zero-order chi connectivity index (χ0) is 20.2. The first-order valence-electron chi connectivity index (χ1n) is 8.49. The zero-order valence-corrected chi connectivity index (χ0v) is 17.5. The van der Waals surface area contributed by atoms with Gasteiger partial charge in [0, 0.05) is 12.3 Å². The van der Waals surface area contributed by atoms with Crippen LogP contribution in [0.15, 0.2) is 52.3 Å². The molecule has 0 amide bonds. The fourth-order valence-electron chi connectivity index (χ4n) is 2.66. The quantitative estimate of drug-likeness (QED) is 0.721. The van der Waals surface area contributed by atoms with Crippen molar-refractivity contribution in [3.8, 4) is 5.75 Å². The summed E-state index contributed by atoms with van der Waals surface area (Å²) in [5.74, 6) is 0.772. The summed E-state index contributed by atoms with van der Waals surface area (Å²) in [7, 11) is -5.70. The Morgan fingerprint density at radius 2 is 1.67 bits per heavy atom. The van der Waals surface area contributed by atoms with E-state index < -0.39 is 19.9 Å². The van der Waals surface area contributed by atoms with Gasteiger partial charge in [-0.15, -0.1) is 0 Å². The molecule has 0 heterocycles. The van der Waals surface area contributed by atoms with E-state index in [4.69, 9.17) is 4.74 Å². The molecule has 1 N–H and O–H groups in total. The average molecular weight is 412 g/mol. The van der Waals surface area contributed by atoms with Gasteiger partial charge in [0.05, 0.1) is 16.9 Å². The molecule has 2 aromatic carbocycles. The maximum absolute atomic E-state index is 12.7. The van der Waals surface area contributed by atoms with Crippen LogP contribution >= 0.6 is 0 Å². The molecule has 0 aromatic heterocycles. The minimum atomic E-state index is -3.82. The van der Waals surface area contributed by atoms with Crippen LogP contribution in [0.2, 0.25) is 0 Å². The Kier molecular flexibility index (Phi) is 6.67. The molecule has 0 aliphatic heterocycles. The predicted octanol–water partition coefficient (Wildman–Crippen LogP) is 2.71. The topological polar surface area (TPSA) is 89.5 Å². The third-order valence-corrected chi connectivity index (χ3v) is 7.10. The number of sulfone groups is 1. The van der Waals surface area contributed by atoms with Crippen molar-refractivity contribution < 1.29 is 21.6 Å². The normalized spacial score (nSPS) is 13.3. The van der Waals surface area contributed by atoms with Crippen LogP contribution in [0.25, 0.3) is 0 Å². The minimum absolute atomic E-state index is 0.0123. The highest BCUT2D eigenvalue weighted by Gasteiger charge is 2.21. The van der Waals surface area contributed by atoms with Crippen molar-refractivity contribution in [3.05, 3.63) is 53.6 Å². The first kappa shape index (κ1) is 21.4. The second kappa shape index (κ2) is 8.41. The van der Waals surface area contributed by atoms with Gasteiger partial charge in [-0.1, -0.05) is 18.2 Å². The molecule has 1 atom stereocenters. The van der Waals surface area contributed by atoms with Gasteiger partial charge < -0.3 is 4.74 Å². The average Bonchev–Trinajstić information content (AvgIpc) is 2.59. The summed E-state index contributed by atoms with van der Waals surface area (Å²) in [5, 5.41) is 0. The number of nitrogens with one attached hydrogen (secondary N) is 1. The summed E-state index contributed by atoms with van der Waals surface area (Å²) in [6.45, 7) is 3.43. The second-order valence-electron chi connectivity index (χ2n) is 6.61. The molecule has 0 aliphatic rings. The lowest BCUT2D eigenvalue weighted by atomic mass is 10.1. The molecular formula is C19H25NO5S2. The van der Waals surface area contributed by atoms with Crippen molar-refractivity contribution in [3.63, 3.8) is 0 Å². The molecule has 0 fully saturated rings. The third-order valence-electron chi connectivity index (χ3n) is 4.26. The van der Waals surface area contributed by atoms with Crippen LogP contribution < -0.4 is 9.46 Å². The van der Waals surface area contributed by atoms with Gasteiger partial charge in [-0.2, -0.15) is 0 Å². The first-order chi connectivity index (χ1) is 12.5. The Hall–Kier alpha value is -1.90. The number of methoxy groups -OCH3 is 1. The van der Waals surface area contributed by atoms with Crippen LogP contribution in [0.3, 0.4) is 0 Å². The van der Waals surface area contributed by atoms with Crippen molar-refractivity contribution in [2.75, 3.05) is 13.4 Å². The van der Waals surface area contributed by atoms with E-state index in [1.807, 2.05) is 24.3 Å². The molecular weight excluding hydrogens is 386 g/mol. The third kappa shape index (κ3) is 5.79. The molecule has 8 heteroatoms. The highest BCUT2D eigenvalue weighted by molar-refractivity contribution is 7.91. The molecule has 27 heavy (non-hydrogen) atoms. The van der Waals surface area contributed by atoms with Gasteiger partial charge in [-0.3, -0.25) is 0 Å². The van der Waals surface area contributed by atoms with Crippen molar-refractivity contribution in [2.45, 2.75) is 42.5 Å². The maximum atomic E-state index is 12.7. The van der Waals surface area contributed by atoms with Gasteiger partial charge in [0.2, 0.25) is 10.0 Å². The molecule has 0 aliphatic carbocycles. The van der Waals surface area contributed by atoms with Crippen molar-refractivity contribution in [2.24, 2.45) is 0 Å². The Morgan fingerprint density at radius 1 is 1.04 bits per heavy atom. The molecule has 2 aromatic rings. The van der Waals surface area contributed by atoms with Gasteiger partial charge in [-0.05, 0) is 62.1 Å². The standard InChI is InChI=1S/C19H25NO5S2/c1-14-5-12-18(26(4,21)22)13-19(14)27(23,24)20-15(2)6-7-16-8-10-17(25-3)11-9-16/h5,8-13,15,20H,6-7H2,1-4H3. The van der Waals surface area contributed by atoms with E-state index in [0.717, 1.165) is 17.6 Å². The van der Waals surface area contributed by atoms with E-state index >= 15 is 0 Å². The number of aryl methyl sites for hydroxylation is 2. The predicted molar refractivity (Wildman–Crippen MR) is 105 cm³/mol. The van der Waals surface area contributed by atoms with Crippen molar-refractivity contribution >= 4 is 19.9 Å². The lowest BCUT2D eigenvalue weighted by Gasteiger charge is -2.16. The van der Waals surface area contributed by atoms with Crippen LogP contribution in [0.5, 0.6) is 5.75 Å². The number of ether oxygens (including phenoxy) is 1. The lowest BCUT2D eigenvalue weighted by Crippen LogP contribution is -2.33. The number of rotatable bonds is 8. The van der Waals surface area contributed by atoms with E-state index in [9.17, 15) is 16.8 Å². The summed E-state index contributed by atoms with van der Waals surface area (Å²) in [6, 6.07) is 11.4. The fraction of sp³-hybridized carbons (Fsp3) is 0.368. The summed E-state index contributed by atoms with van der Waals surface area (Å²) >= 11 is 0. The largest absolute Gasteiger partial charge is 0.497 e. The fourth-order valence-corrected chi connectivity index (χ4v) is 4.93. The Bertz CT molecular complexity index is 997. The number of benzene rings is 2. The Morgan fingerprint density at radius 3 is 2.22 bits per heavy atom. The van der Waals surface area contributed by atoms with Crippen LogP contribution in [0.1, 0.15) is 24.5 Å². The first-order valence-corrected chi connectivity index (χ1v) is 11.9. The second-order valence-corrected chi connectivity index (χ2v) is 10.3. The van der Waals surface area contributed by atoms with Crippen LogP contribution in [0, 0.1) is 6.92 Å². The molecule has 6 nitrogen and oxygen atoms in total. The summed E-state index contributed by atoms with van der Waals surface area (Å²) in [6.07, 6.45) is 2.37. The molecule has 0 radical (unpaired) electrons. The van der Waals surface area contributed by atoms with Gasteiger partial charge >= 0.3 is 0 Å². The van der Waals surface area contributed by atoms with Crippen molar-refractivity contribution in [1.82, 2.24) is 4.72 Å². The van der Waals surface area contributed by atoms with E-state index in [0.29, 0.717) is 18.4 Å². The Balaban J connectivity index is 2.10. The van der Waals surface area contributed by atoms with Gasteiger partial charge in [0.25, 0.3) is 0 Å². The maximum Gasteiger partial charge on any atom is 0.241 e. The smallest absolute Gasteiger partial charge is 0.241 e. The molecule has 0 saturated heterocycles. The highest BCUT2D eigenvalue weighted by atomic mass is 32.2. The summed E-state index contributed by atoms with van der Waals surface area (Å²) in [4.78, 5) is -0.0268. The van der Waals surface area contributed by atoms with Crippen LogP contribution in [-0.2, 0) is 26.3 Å². The molecule has 148 valence electrons. The minimum Gasteiger partial charge on any atom is -0.497 e. The SMILES string of the molecule is COc1ccc(CCC(C)NS(=O)(=O)c2cc(S(C)(=O)=O)ccc2C)cc1. The summed E-state index contributed by atoms with van der Waals surface area (Å²) in [5.41, 5.74) is 1.58. The number of hydrogen-bond acceptors (Lipinski definition) is 5. The van der Waals surface area contributed by atoms with E-state index in [-0.39, 0.29) is 15.8 Å². The summed E-state index contributed by atoms with van der Waals surface area (Å²) < 4.78 is 56.6. The van der Waals surface area contributed by atoms with Crippen LogP contribution in [0.4, 0.5) is 0 Å². The molecule has 0 spiro atoms. The zero-order valence-electron chi connectivity index (χ0n) is 15.9. The van der Waals surface area contributed by atoms with E-state index in [1.54, 1.807) is 21.0 Å². The molecule has 2 rings (SSSR count). The van der Waals surface area contributed by atoms with Gasteiger partial charge in [0.1, 0.15) is 5.75 Å². The lowest BCUT2D eigenvalue weighted by molar-refractivity contribution is 0.414. The monoisotopic (exact) mass is 411 g/mol. The molecule has 0 saturated carbocycles. The highest BCUT2D eigenvalue weighted by Crippen LogP contribution is 2.21. The molecule has 1 unspecified atom stereocenters. The number of sulfonamides is 1. The number of hydrogen-bond donors (Lipinski definition) is 1. The van der Waals surface area contributed by atoms with E-state index in [2.05, 4.69) is 4.72 Å². The molecule has 0 bridgehead atoms. The van der Waals surface area contributed by atoms with Crippen molar-refractivity contribution in [1.29, 1.82) is 0 Å². The van der Waals surface area contributed by atoms with Crippen LogP contribution in [-0.4, -0.2) is 36.2 Å². The Labute approximate surface area is 161 Å². The van der Waals surface area contributed by atoms with E-state index in [1.165, 1.54) is 18.2 Å². The van der Waals surface area contributed by atoms with Gasteiger partial charge in [-0.25, -0.2) is 21.6 Å².